The van der Waals surface area contributed by atoms with Crippen molar-refractivity contribution < 1.29 is 23.8 Å². The number of hydrogen-bond acceptors (Lipinski definition) is 7. The third-order valence-corrected chi connectivity index (χ3v) is 7.08. The van der Waals surface area contributed by atoms with E-state index in [2.05, 4.69) is 0 Å². The summed E-state index contributed by atoms with van der Waals surface area (Å²) in [7, 11) is 0. The van der Waals surface area contributed by atoms with Crippen molar-refractivity contribution in [1.29, 1.82) is 0 Å². The predicted molar refractivity (Wildman–Crippen MR) is 146 cm³/mol. The first-order chi connectivity index (χ1) is 18.1. The number of carbonyl (C=O) groups is 2. The van der Waals surface area contributed by atoms with Crippen LogP contribution in [0.25, 0.3) is 0 Å². The summed E-state index contributed by atoms with van der Waals surface area (Å²) in [5, 5.41) is 0.678. The van der Waals surface area contributed by atoms with E-state index in [1.54, 1.807) is 11.8 Å². The summed E-state index contributed by atoms with van der Waals surface area (Å²) < 4.78 is 17.7. The Hall–Kier alpha value is -2.94. The Bertz CT molecular complexity index is 1160. The second-order valence-corrected chi connectivity index (χ2v) is 10.8. The third kappa shape index (κ3) is 6.92. The van der Waals surface area contributed by atoms with Crippen LogP contribution in [0, 0.1) is 0 Å². The minimum Gasteiger partial charge on any atom is -0.477 e. The van der Waals surface area contributed by atoms with Gasteiger partial charge in [0.05, 0.1) is 12.1 Å². The van der Waals surface area contributed by atoms with Gasteiger partial charge in [-0.2, -0.15) is 0 Å². The van der Waals surface area contributed by atoms with Gasteiger partial charge in [0.2, 0.25) is 12.0 Å². The summed E-state index contributed by atoms with van der Waals surface area (Å²) in [5.41, 5.74) is 7.30. The Labute approximate surface area is 229 Å². The van der Waals surface area contributed by atoms with Gasteiger partial charge in [-0.15, -0.1) is 0 Å². The van der Waals surface area contributed by atoms with E-state index < -0.39 is 29.8 Å². The number of rotatable bonds is 10. The Morgan fingerprint density at radius 3 is 2.63 bits per heavy atom. The molecule has 4 rings (SSSR count). The largest absolute Gasteiger partial charge is 0.477 e. The molecular weight excluding hydrogens is 506 g/mol. The number of benzene rings is 2. The second-order valence-electron chi connectivity index (χ2n) is 10.4. The molecule has 1 amide bonds. The fourth-order valence-corrected chi connectivity index (χ4v) is 5.04. The van der Waals surface area contributed by atoms with Gasteiger partial charge in [0.25, 0.3) is 5.91 Å². The number of esters is 1. The van der Waals surface area contributed by atoms with Crippen LogP contribution in [0.3, 0.4) is 0 Å². The molecule has 38 heavy (non-hydrogen) atoms. The number of halogens is 1. The van der Waals surface area contributed by atoms with Crippen molar-refractivity contribution in [3.63, 3.8) is 0 Å². The van der Waals surface area contributed by atoms with Gasteiger partial charge in [0.15, 0.2) is 0 Å². The number of ether oxygens (including phenoxy) is 3. The van der Waals surface area contributed by atoms with Crippen molar-refractivity contribution in [2.45, 2.75) is 76.5 Å². The molecule has 0 saturated carbocycles. The minimum atomic E-state index is -1.14. The minimum absolute atomic E-state index is 0.280. The summed E-state index contributed by atoms with van der Waals surface area (Å²) in [6, 6.07) is 16.1. The van der Waals surface area contributed by atoms with E-state index in [1.165, 1.54) is 6.92 Å². The SMILES string of the molecule is CC(N)C(=O)OC(C(=O)N1CCCC1C1=N[C@](C)(Cc2cccc(Cl)c2)CO1)C(C)OCc1ccccc1. The van der Waals surface area contributed by atoms with Gasteiger partial charge in [-0.1, -0.05) is 54.1 Å². The Morgan fingerprint density at radius 2 is 1.92 bits per heavy atom. The summed E-state index contributed by atoms with van der Waals surface area (Å²) in [4.78, 5) is 32.9. The molecule has 0 aromatic heterocycles. The number of nitrogens with two attached hydrogens (primary N) is 1. The molecule has 2 aliphatic heterocycles. The molecule has 0 radical (unpaired) electrons. The van der Waals surface area contributed by atoms with Gasteiger partial charge in [-0.05, 0) is 56.9 Å². The van der Waals surface area contributed by atoms with Crippen molar-refractivity contribution in [2.75, 3.05) is 13.2 Å². The quantitative estimate of drug-likeness (QED) is 0.457. The Morgan fingerprint density at radius 1 is 1.18 bits per heavy atom. The average molecular weight is 542 g/mol. The molecule has 5 atom stereocenters. The van der Waals surface area contributed by atoms with Crippen molar-refractivity contribution in [3.8, 4) is 0 Å². The maximum Gasteiger partial charge on any atom is 0.323 e. The topological polar surface area (TPSA) is 103 Å². The van der Waals surface area contributed by atoms with Crippen molar-refractivity contribution in [1.82, 2.24) is 4.90 Å². The number of carbonyl (C=O) groups excluding carboxylic acids is 2. The van der Waals surface area contributed by atoms with E-state index >= 15 is 0 Å². The van der Waals surface area contributed by atoms with Gasteiger partial charge >= 0.3 is 5.97 Å². The first kappa shape index (κ1) is 28.1. The fraction of sp³-hybridized carbons (Fsp3) is 0.483. The second kappa shape index (κ2) is 12.3. The maximum absolute atomic E-state index is 13.8. The highest BCUT2D eigenvalue weighted by Crippen LogP contribution is 2.30. The van der Waals surface area contributed by atoms with E-state index in [1.807, 2.05) is 61.5 Å². The molecule has 1 saturated heterocycles. The first-order valence-corrected chi connectivity index (χ1v) is 13.4. The molecule has 0 bridgehead atoms. The molecule has 2 aromatic carbocycles. The fourth-order valence-electron chi connectivity index (χ4n) is 4.83. The van der Waals surface area contributed by atoms with Gasteiger partial charge in [0.1, 0.15) is 24.8 Å². The molecule has 2 N–H and O–H groups in total. The van der Waals surface area contributed by atoms with E-state index in [0.717, 1.165) is 17.5 Å². The number of aliphatic imine (C=N–C) groups is 1. The van der Waals surface area contributed by atoms with Crippen LogP contribution in [-0.4, -0.2) is 65.7 Å². The molecule has 204 valence electrons. The van der Waals surface area contributed by atoms with E-state index in [0.29, 0.717) is 36.9 Å². The highest BCUT2D eigenvalue weighted by Gasteiger charge is 2.44. The van der Waals surface area contributed by atoms with E-state index in [-0.39, 0.29) is 18.6 Å². The number of nitrogens with zero attached hydrogens (tertiary/aromatic N) is 2. The first-order valence-electron chi connectivity index (χ1n) is 13.0. The summed E-state index contributed by atoms with van der Waals surface area (Å²) in [6.45, 7) is 6.50. The van der Waals surface area contributed by atoms with Crippen LogP contribution in [-0.2, 0) is 36.8 Å². The molecule has 1 fully saturated rings. The van der Waals surface area contributed by atoms with Gasteiger partial charge in [0, 0.05) is 18.0 Å². The predicted octanol–water partition coefficient (Wildman–Crippen LogP) is 3.93. The molecule has 4 unspecified atom stereocenters. The van der Waals surface area contributed by atoms with Crippen LogP contribution in [0.1, 0.15) is 44.7 Å². The standard InChI is InChI=1S/C29H36ClN3O5/c1-19(31)28(35)38-25(20(2)36-17-21-9-5-4-6-10-21)27(34)33-14-8-13-24(33)26-32-29(3,18-37-26)16-22-11-7-12-23(30)15-22/h4-7,9-12,15,19-20,24-25H,8,13-14,16-18,31H2,1-3H3/t19?,20?,24?,25?,29-/m1/s1. The zero-order chi connectivity index (χ0) is 27.3. The molecule has 2 aromatic rings. The lowest BCUT2D eigenvalue weighted by Crippen LogP contribution is -2.51. The highest BCUT2D eigenvalue weighted by molar-refractivity contribution is 6.30. The van der Waals surface area contributed by atoms with Crippen molar-refractivity contribution >= 4 is 29.4 Å². The van der Waals surface area contributed by atoms with Crippen LogP contribution >= 0.6 is 11.6 Å². The molecular formula is C29H36ClN3O5. The normalized spacial score (nSPS) is 23.3. The number of hydrogen-bond donors (Lipinski definition) is 1. The molecule has 0 spiro atoms. The van der Waals surface area contributed by atoms with Gasteiger partial charge in [-0.3, -0.25) is 9.59 Å². The van der Waals surface area contributed by atoms with Crippen LogP contribution in [0.4, 0.5) is 0 Å². The zero-order valence-electron chi connectivity index (χ0n) is 22.1. The molecule has 8 nitrogen and oxygen atoms in total. The molecule has 0 aliphatic carbocycles. The summed E-state index contributed by atoms with van der Waals surface area (Å²) >= 11 is 6.16. The van der Waals surface area contributed by atoms with Crippen molar-refractivity contribution in [2.24, 2.45) is 10.7 Å². The van der Waals surface area contributed by atoms with Gasteiger partial charge in [-0.25, -0.2) is 4.99 Å². The van der Waals surface area contributed by atoms with Crippen molar-refractivity contribution in [3.05, 3.63) is 70.7 Å². The van der Waals surface area contributed by atoms with Crippen LogP contribution in [0.15, 0.2) is 59.6 Å². The monoisotopic (exact) mass is 541 g/mol. The summed E-state index contributed by atoms with van der Waals surface area (Å²) in [6.07, 6.45) is 0.336. The van der Waals surface area contributed by atoms with Crippen LogP contribution in [0.2, 0.25) is 5.02 Å². The molecule has 2 heterocycles. The smallest absolute Gasteiger partial charge is 0.323 e. The van der Waals surface area contributed by atoms with Gasteiger partial charge < -0.3 is 24.8 Å². The maximum atomic E-state index is 13.8. The zero-order valence-corrected chi connectivity index (χ0v) is 22.9. The molecule has 2 aliphatic rings. The Kier molecular flexibility index (Phi) is 9.07. The summed E-state index contributed by atoms with van der Waals surface area (Å²) in [5.74, 6) is -0.454. The average Bonchev–Trinajstić information content (AvgIpc) is 3.53. The highest BCUT2D eigenvalue weighted by atomic mass is 35.5. The third-order valence-electron chi connectivity index (χ3n) is 6.85. The lowest BCUT2D eigenvalue weighted by molar-refractivity contribution is -0.171. The van der Waals surface area contributed by atoms with Crippen LogP contribution < -0.4 is 5.73 Å². The molecule has 9 heteroatoms. The van der Waals surface area contributed by atoms with Crippen LogP contribution in [0.5, 0.6) is 0 Å². The Balaban J connectivity index is 1.49. The van der Waals surface area contributed by atoms with E-state index in [9.17, 15) is 9.59 Å². The lowest BCUT2D eigenvalue weighted by atomic mass is 9.95. The lowest BCUT2D eigenvalue weighted by Gasteiger charge is -2.31. The van der Waals surface area contributed by atoms with E-state index in [4.69, 9.17) is 36.5 Å². The number of likely N-dealkylation sites (tertiary alicyclic amines) is 1. The number of amides is 1.